The van der Waals surface area contributed by atoms with Crippen molar-refractivity contribution < 1.29 is 19.1 Å². The van der Waals surface area contributed by atoms with E-state index in [0.29, 0.717) is 35.0 Å². The maximum absolute atomic E-state index is 12.8. The summed E-state index contributed by atoms with van der Waals surface area (Å²) in [5.41, 5.74) is 0.613. The first-order chi connectivity index (χ1) is 12.6. The van der Waals surface area contributed by atoms with Gasteiger partial charge >= 0.3 is 0 Å². The third kappa shape index (κ3) is 3.83. The predicted octanol–water partition coefficient (Wildman–Crippen LogP) is 3.40. The summed E-state index contributed by atoms with van der Waals surface area (Å²) in [5, 5.41) is 4.77. The van der Waals surface area contributed by atoms with Crippen molar-refractivity contribution >= 4 is 28.8 Å². The molecule has 2 aromatic rings. The zero-order valence-corrected chi connectivity index (χ0v) is 15.7. The van der Waals surface area contributed by atoms with Gasteiger partial charge in [0.15, 0.2) is 11.5 Å². The van der Waals surface area contributed by atoms with E-state index < -0.39 is 6.04 Å². The fourth-order valence-electron chi connectivity index (χ4n) is 3.13. The van der Waals surface area contributed by atoms with Crippen molar-refractivity contribution in [2.45, 2.75) is 25.3 Å². The van der Waals surface area contributed by atoms with Crippen molar-refractivity contribution in [1.82, 2.24) is 4.90 Å². The fraction of sp³-hybridized carbons (Fsp3) is 0.368. The zero-order valence-electron chi connectivity index (χ0n) is 14.9. The summed E-state index contributed by atoms with van der Waals surface area (Å²) in [7, 11) is 3.11. The molecule has 26 heavy (non-hydrogen) atoms. The molecule has 2 amide bonds. The van der Waals surface area contributed by atoms with Gasteiger partial charge in [-0.25, -0.2) is 0 Å². The van der Waals surface area contributed by atoms with Crippen LogP contribution in [-0.2, 0) is 4.79 Å². The first-order valence-corrected chi connectivity index (χ1v) is 9.39. The number of methoxy groups -OCH3 is 2. The lowest BCUT2D eigenvalue weighted by atomic mass is 10.0. The van der Waals surface area contributed by atoms with Gasteiger partial charge in [0.25, 0.3) is 5.91 Å². The van der Waals surface area contributed by atoms with Crippen LogP contribution in [0.25, 0.3) is 0 Å². The summed E-state index contributed by atoms with van der Waals surface area (Å²) in [6, 6.07) is 8.39. The van der Waals surface area contributed by atoms with E-state index >= 15 is 0 Å². The smallest absolute Gasteiger partial charge is 0.264 e. The van der Waals surface area contributed by atoms with Gasteiger partial charge in [0.05, 0.1) is 19.1 Å². The molecule has 0 saturated carbocycles. The first-order valence-electron chi connectivity index (χ1n) is 8.51. The van der Waals surface area contributed by atoms with Crippen LogP contribution in [0.4, 0.5) is 5.69 Å². The van der Waals surface area contributed by atoms with E-state index in [1.807, 2.05) is 11.4 Å². The normalized spacial score (nSPS) is 16.8. The van der Waals surface area contributed by atoms with Crippen LogP contribution in [0.3, 0.4) is 0 Å². The standard InChI is InChI=1S/C19H22N2O4S/c1-24-15-9-8-13(12-16(15)25-2)20-18(22)14-6-3-4-10-21(14)19(23)17-7-5-11-26-17/h5,7-9,11-12,14H,3-4,6,10H2,1-2H3,(H,20,22). The monoisotopic (exact) mass is 374 g/mol. The number of amides is 2. The summed E-state index contributed by atoms with van der Waals surface area (Å²) < 4.78 is 10.5. The Balaban J connectivity index is 1.76. The van der Waals surface area contributed by atoms with Crippen LogP contribution < -0.4 is 14.8 Å². The summed E-state index contributed by atoms with van der Waals surface area (Å²) in [6.07, 6.45) is 2.51. The van der Waals surface area contributed by atoms with Gasteiger partial charge in [-0.2, -0.15) is 0 Å². The number of carbonyl (C=O) groups excluding carboxylic acids is 2. The Labute approximate surface area is 156 Å². The van der Waals surface area contributed by atoms with Crippen LogP contribution in [0.5, 0.6) is 11.5 Å². The van der Waals surface area contributed by atoms with E-state index in [0.717, 1.165) is 12.8 Å². The lowest BCUT2D eigenvalue weighted by Crippen LogP contribution is -2.49. The molecule has 1 fully saturated rings. The topological polar surface area (TPSA) is 67.9 Å². The third-order valence-electron chi connectivity index (χ3n) is 4.45. The molecule has 1 aliphatic heterocycles. The van der Waals surface area contributed by atoms with Gasteiger partial charge in [0, 0.05) is 18.3 Å². The highest BCUT2D eigenvalue weighted by molar-refractivity contribution is 7.12. The van der Waals surface area contributed by atoms with E-state index in [1.54, 1.807) is 43.4 Å². The average molecular weight is 374 g/mol. The molecule has 1 aromatic heterocycles. The number of carbonyl (C=O) groups is 2. The predicted molar refractivity (Wildman–Crippen MR) is 101 cm³/mol. The molecule has 1 N–H and O–H groups in total. The van der Waals surface area contributed by atoms with Gasteiger partial charge in [0.1, 0.15) is 6.04 Å². The van der Waals surface area contributed by atoms with Crippen LogP contribution in [0.15, 0.2) is 35.7 Å². The Bertz CT molecular complexity index is 776. The van der Waals surface area contributed by atoms with Gasteiger partial charge in [-0.3, -0.25) is 9.59 Å². The van der Waals surface area contributed by atoms with Crippen molar-refractivity contribution in [1.29, 1.82) is 0 Å². The van der Waals surface area contributed by atoms with Crippen LogP contribution in [0, 0.1) is 0 Å². The molecule has 1 unspecified atom stereocenters. The SMILES string of the molecule is COc1ccc(NC(=O)C2CCCCN2C(=O)c2cccs2)cc1OC. The van der Waals surface area contributed by atoms with E-state index in [2.05, 4.69) is 5.32 Å². The molecule has 1 aromatic carbocycles. The van der Waals surface area contributed by atoms with Gasteiger partial charge in [-0.1, -0.05) is 6.07 Å². The van der Waals surface area contributed by atoms with Crippen LogP contribution in [-0.4, -0.2) is 43.5 Å². The molecule has 0 aliphatic carbocycles. The number of thiophene rings is 1. The minimum Gasteiger partial charge on any atom is -0.493 e. The zero-order chi connectivity index (χ0) is 18.5. The Morgan fingerprint density at radius 2 is 1.96 bits per heavy atom. The highest BCUT2D eigenvalue weighted by Crippen LogP contribution is 2.30. The minimum absolute atomic E-state index is 0.0767. The largest absolute Gasteiger partial charge is 0.493 e. The maximum Gasteiger partial charge on any atom is 0.264 e. The van der Waals surface area contributed by atoms with Crippen LogP contribution >= 0.6 is 11.3 Å². The summed E-state index contributed by atoms with van der Waals surface area (Å²) in [5.74, 6) is 0.882. The number of nitrogens with one attached hydrogen (secondary N) is 1. The van der Waals surface area contributed by atoms with Crippen LogP contribution in [0.1, 0.15) is 28.9 Å². The summed E-state index contributed by atoms with van der Waals surface area (Å²) >= 11 is 1.40. The number of rotatable bonds is 5. The quantitative estimate of drug-likeness (QED) is 0.871. The average Bonchev–Trinajstić information content (AvgIpc) is 3.22. The van der Waals surface area contributed by atoms with Crippen molar-refractivity contribution in [3.05, 3.63) is 40.6 Å². The van der Waals surface area contributed by atoms with Gasteiger partial charge < -0.3 is 19.7 Å². The second-order valence-corrected chi connectivity index (χ2v) is 6.99. The molecular formula is C19H22N2O4S. The minimum atomic E-state index is -0.466. The fourth-order valence-corrected chi connectivity index (χ4v) is 3.81. The van der Waals surface area contributed by atoms with Gasteiger partial charge in [0.2, 0.25) is 5.91 Å². The molecule has 0 bridgehead atoms. The number of ether oxygens (including phenoxy) is 2. The van der Waals surface area contributed by atoms with Crippen molar-refractivity contribution in [3.63, 3.8) is 0 Å². The van der Waals surface area contributed by atoms with E-state index in [-0.39, 0.29) is 11.8 Å². The Morgan fingerprint density at radius 3 is 2.65 bits per heavy atom. The van der Waals surface area contributed by atoms with Crippen LogP contribution in [0.2, 0.25) is 0 Å². The first kappa shape index (κ1) is 18.3. The van der Waals surface area contributed by atoms with Crippen molar-refractivity contribution in [2.75, 3.05) is 26.1 Å². The van der Waals surface area contributed by atoms with Gasteiger partial charge in [-0.15, -0.1) is 11.3 Å². The molecule has 1 saturated heterocycles. The molecule has 6 nitrogen and oxygen atoms in total. The lowest BCUT2D eigenvalue weighted by Gasteiger charge is -2.34. The van der Waals surface area contributed by atoms with Crippen molar-refractivity contribution in [2.24, 2.45) is 0 Å². The molecule has 0 radical (unpaired) electrons. The second kappa shape index (κ2) is 8.23. The maximum atomic E-state index is 12.8. The number of nitrogens with zero attached hydrogens (tertiary/aromatic N) is 1. The van der Waals surface area contributed by atoms with Crippen molar-refractivity contribution in [3.8, 4) is 11.5 Å². The van der Waals surface area contributed by atoms with E-state index in [1.165, 1.54) is 11.3 Å². The number of likely N-dealkylation sites (tertiary alicyclic amines) is 1. The van der Waals surface area contributed by atoms with E-state index in [9.17, 15) is 9.59 Å². The number of hydrogen-bond acceptors (Lipinski definition) is 5. The second-order valence-electron chi connectivity index (χ2n) is 6.05. The molecule has 0 spiro atoms. The molecule has 7 heteroatoms. The third-order valence-corrected chi connectivity index (χ3v) is 5.31. The number of anilines is 1. The molecule has 3 rings (SSSR count). The molecular weight excluding hydrogens is 352 g/mol. The lowest BCUT2D eigenvalue weighted by molar-refractivity contribution is -0.121. The number of hydrogen-bond donors (Lipinski definition) is 1. The number of piperidine rings is 1. The van der Waals surface area contributed by atoms with Gasteiger partial charge in [-0.05, 0) is 42.8 Å². The molecule has 2 heterocycles. The summed E-state index contributed by atoms with van der Waals surface area (Å²) in [4.78, 5) is 27.9. The Hall–Kier alpha value is -2.54. The van der Waals surface area contributed by atoms with E-state index in [4.69, 9.17) is 9.47 Å². The Morgan fingerprint density at radius 1 is 1.15 bits per heavy atom. The molecule has 1 atom stereocenters. The highest BCUT2D eigenvalue weighted by Gasteiger charge is 2.33. The Kier molecular flexibility index (Phi) is 5.78. The summed E-state index contributed by atoms with van der Waals surface area (Å²) in [6.45, 7) is 0.598. The number of benzene rings is 1. The molecule has 138 valence electrons. The highest BCUT2D eigenvalue weighted by atomic mass is 32.1. The molecule has 1 aliphatic rings.